The van der Waals surface area contributed by atoms with Crippen LogP contribution in [-0.4, -0.2) is 11.3 Å². The number of benzene rings is 1. The fourth-order valence-corrected chi connectivity index (χ4v) is 1.93. The summed E-state index contributed by atoms with van der Waals surface area (Å²) in [6, 6.07) is 6.17. The maximum atomic E-state index is 13.9. The molecule has 0 bridgehead atoms. The number of nitrogens with zero attached hydrogens (tertiary/aromatic N) is 1. The molecule has 0 saturated heterocycles. The number of hydrogen-bond donors (Lipinski definition) is 1. The first kappa shape index (κ1) is 11.7. The van der Waals surface area contributed by atoms with Crippen LogP contribution in [-0.2, 0) is 0 Å². The van der Waals surface area contributed by atoms with Gasteiger partial charge in [0.2, 0.25) is 0 Å². The van der Waals surface area contributed by atoms with Gasteiger partial charge in [0.1, 0.15) is 11.5 Å². The van der Waals surface area contributed by atoms with Gasteiger partial charge in [-0.1, -0.05) is 6.07 Å². The van der Waals surface area contributed by atoms with E-state index >= 15 is 0 Å². The molecule has 0 fully saturated rings. The monoisotopic (exact) mass is 294 g/mol. The fourth-order valence-electron chi connectivity index (χ4n) is 1.45. The molecule has 0 amide bonds. The van der Waals surface area contributed by atoms with Crippen molar-refractivity contribution in [1.29, 1.82) is 0 Å². The zero-order valence-electron chi connectivity index (χ0n) is 8.65. The number of carbonyl (C=O) groups excluding carboxylic acids is 1. The largest absolute Gasteiger partial charge is 0.399 e. The molecule has 0 aliphatic rings. The number of aromatic nitrogens is 1. The normalized spacial score (nSPS) is 10.2. The Morgan fingerprint density at radius 1 is 1.35 bits per heavy atom. The molecular weight excluding hydrogens is 287 g/mol. The van der Waals surface area contributed by atoms with E-state index in [0.717, 1.165) is 0 Å². The molecule has 17 heavy (non-hydrogen) atoms. The average molecular weight is 295 g/mol. The Hall–Kier alpha value is -1.75. The first-order valence-electron chi connectivity index (χ1n) is 4.78. The second-order valence-corrected chi connectivity index (χ2v) is 4.31. The van der Waals surface area contributed by atoms with Crippen LogP contribution in [0.15, 0.2) is 34.9 Å². The third-order valence-corrected chi connectivity index (χ3v) is 2.85. The molecule has 3 nitrogen and oxygen atoms in total. The summed E-state index contributed by atoms with van der Waals surface area (Å²) in [5.41, 5.74) is 7.32. The zero-order chi connectivity index (χ0) is 12.4. The number of anilines is 1. The minimum absolute atomic E-state index is 0.298. The van der Waals surface area contributed by atoms with Gasteiger partial charge in [0, 0.05) is 23.0 Å². The molecule has 2 aromatic rings. The molecule has 0 spiro atoms. The van der Waals surface area contributed by atoms with E-state index in [4.69, 9.17) is 5.73 Å². The zero-order valence-corrected chi connectivity index (χ0v) is 10.2. The third kappa shape index (κ3) is 2.34. The van der Waals surface area contributed by atoms with Gasteiger partial charge in [-0.15, -0.1) is 0 Å². The number of rotatable bonds is 2. The highest BCUT2D eigenvalue weighted by atomic mass is 79.9. The standard InChI is InChI=1S/C12H8BrFN2O/c13-11-4-8(15)3-10(12(11)14)7-1-2-9(6-17)16-5-7/h1-6H,15H2. The summed E-state index contributed by atoms with van der Waals surface area (Å²) in [4.78, 5) is 14.3. The van der Waals surface area contributed by atoms with E-state index in [1.54, 1.807) is 6.07 Å². The molecule has 0 aliphatic heterocycles. The maximum absolute atomic E-state index is 13.9. The lowest BCUT2D eigenvalue weighted by Gasteiger charge is -2.06. The maximum Gasteiger partial charge on any atom is 0.168 e. The van der Waals surface area contributed by atoms with Gasteiger partial charge in [-0.3, -0.25) is 9.78 Å². The van der Waals surface area contributed by atoms with E-state index in [9.17, 15) is 9.18 Å². The number of aldehydes is 1. The first-order chi connectivity index (χ1) is 8.11. The summed E-state index contributed by atoms with van der Waals surface area (Å²) in [7, 11) is 0. The Bertz CT molecular complexity index is 569. The van der Waals surface area contributed by atoms with E-state index in [2.05, 4.69) is 20.9 Å². The minimum atomic E-state index is -0.403. The van der Waals surface area contributed by atoms with Crippen LogP contribution < -0.4 is 5.73 Å². The molecule has 0 saturated carbocycles. The topological polar surface area (TPSA) is 56.0 Å². The van der Waals surface area contributed by atoms with Crippen molar-refractivity contribution >= 4 is 27.9 Å². The smallest absolute Gasteiger partial charge is 0.168 e. The van der Waals surface area contributed by atoms with Gasteiger partial charge in [0.15, 0.2) is 6.29 Å². The van der Waals surface area contributed by atoms with E-state index in [1.807, 2.05) is 0 Å². The lowest BCUT2D eigenvalue weighted by atomic mass is 10.1. The summed E-state index contributed by atoms with van der Waals surface area (Å²) < 4.78 is 14.1. The van der Waals surface area contributed by atoms with Crippen LogP contribution in [0.1, 0.15) is 10.5 Å². The highest BCUT2D eigenvalue weighted by molar-refractivity contribution is 9.10. The Balaban J connectivity index is 2.55. The molecule has 2 N–H and O–H groups in total. The number of nitrogen functional groups attached to an aromatic ring is 1. The van der Waals surface area contributed by atoms with Crippen molar-refractivity contribution in [2.24, 2.45) is 0 Å². The predicted octanol–water partition coefficient (Wildman–Crippen LogP) is 3.04. The van der Waals surface area contributed by atoms with Crippen LogP contribution in [0.5, 0.6) is 0 Å². The number of halogens is 2. The Morgan fingerprint density at radius 2 is 2.12 bits per heavy atom. The van der Waals surface area contributed by atoms with Gasteiger partial charge < -0.3 is 5.73 Å². The molecule has 5 heteroatoms. The number of hydrogen-bond acceptors (Lipinski definition) is 3. The van der Waals surface area contributed by atoms with Crippen LogP contribution in [0.25, 0.3) is 11.1 Å². The summed E-state index contributed by atoms with van der Waals surface area (Å²) in [6.45, 7) is 0. The van der Waals surface area contributed by atoms with Crippen molar-refractivity contribution in [2.45, 2.75) is 0 Å². The summed E-state index contributed by atoms with van der Waals surface area (Å²) in [5.74, 6) is -0.403. The lowest BCUT2D eigenvalue weighted by molar-refractivity contribution is 0.111. The van der Waals surface area contributed by atoms with Crippen LogP contribution in [0.2, 0.25) is 0 Å². The molecule has 0 aliphatic carbocycles. The van der Waals surface area contributed by atoms with Crippen molar-refractivity contribution in [1.82, 2.24) is 4.98 Å². The van der Waals surface area contributed by atoms with Gasteiger partial charge in [-0.2, -0.15) is 0 Å². The van der Waals surface area contributed by atoms with Crippen molar-refractivity contribution in [2.75, 3.05) is 5.73 Å². The Labute approximate surface area is 106 Å². The molecular formula is C12H8BrFN2O. The third-order valence-electron chi connectivity index (χ3n) is 2.27. The average Bonchev–Trinajstić information content (AvgIpc) is 2.34. The molecule has 2 rings (SSSR count). The van der Waals surface area contributed by atoms with E-state index in [-0.39, 0.29) is 0 Å². The van der Waals surface area contributed by atoms with Gasteiger partial charge in [0.25, 0.3) is 0 Å². The van der Waals surface area contributed by atoms with Crippen LogP contribution in [0, 0.1) is 5.82 Å². The van der Waals surface area contributed by atoms with Crippen molar-refractivity contribution < 1.29 is 9.18 Å². The number of carbonyl (C=O) groups is 1. The van der Waals surface area contributed by atoms with E-state index < -0.39 is 5.82 Å². The molecule has 86 valence electrons. The highest BCUT2D eigenvalue weighted by Gasteiger charge is 2.10. The summed E-state index contributed by atoms with van der Waals surface area (Å²) in [5, 5.41) is 0. The van der Waals surface area contributed by atoms with E-state index in [0.29, 0.717) is 33.3 Å². The molecule has 0 atom stereocenters. The fraction of sp³-hybridized carbons (Fsp3) is 0. The molecule has 0 unspecified atom stereocenters. The van der Waals surface area contributed by atoms with Gasteiger partial charge in [0.05, 0.1) is 4.47 Å². The van der Waals surface area contributed by atoms with Crippen molar-refractivity contribution in [3.8, 4) is 11.1 Å². The van der Waals surface area contributed by atoms with Crippen LogP contribution in [0.3, 0.4) is 0 Å². The lowest BCUT2D eigenvalue weighted by Crippen LogP contribution is -1.93. The van der Waals surface area contributed by atoms with E-state index in [1.165, 1.54) is 24.4 Å². The molecule has 1 aromatic carbocycles. The second kappa shape index (κ2) is 4.63. The Kier molecular flexibility index (Phi) is 3.19. The van der Waals surface area contributed by atoms with Gasteiger partial charge in [-0.05, 0) is 34.1 Å². The molecule has 1 aromatic heterocycles. The van der Waals surface area contributed by atoms with Crippen LogP contribution >= 0.6 is 15.9 Å². The predicted molar refractivity (Wildman–Crippen MR) is 67.1 cm³/mol. The highest BCUT2D eigenvalue weighted by Crippen LogP contribution is 2.30. The summed E-state index contributed by atoms with van der Waals surface area (Å²) in [6.07, 6.45) is 2.07. The van der Waals surface area contributed by atoms with Crippen molar-refractivity contribution in [3.63, 3.8) is 0 Å². The molecule has 0 radical (unpaired) electrons. The summed E-state index contributed by atoms with van der Waals surface area (Å²) >= 11 is 3.09. The van der Waals surface area contributed by atoms with Crippen LogP contribution in [0.4, 0.5) is 10.1 Å². The number of pyridine rings is 1. The van der Waals surface area contributed by atoms with Gasteiger partial charge in [-0.25, -0.2) is 4.39 Å². The second-order valence-electron chi connectivity index (χ2n) is 3.45. The van der Waals surface area contributed by atoms with Gasteiger partial charge >= 0.3 is 0 Å². The first-order valence-corrected chi connectivity index (χ1v) is 5.57. The minimum Gasteiger partial charge on any atom is -0.399 e. The Morgan fingerprint density at radius 3 is 2.71 bits per heavy atom. The number of nitrogens with two attached hydrogens (primary N) is 1. The SMILES string of the molecule is Nc1cc(Br)c(F)c(-c2ccc(C=O)nc2)c1. The quantitative estimate of drug-likeness (QED) is 0.684. The molecule has 1 heterocycles. The van der Waals surface area contributed by atoms with Crippen molar-refractivity contribution in [3.05, 3.63) is 46.4 Å².